The van der Waals surface area contributed by atoms with Gasteiger partial charge in [0.05, 0.1) is 24.7 Å². The van der Waals surface area contributed by atoms with E-state index in [1.54, 1.807) is 13.2 Å². The van der Waals surface area contributed by atoms with E-state index in [0.717, 1.165) is 49.8 Å². The van der Waals surface area contributed by atoms with Crippen LogP contribution in [0, 0.1) is 4.91 Å². The van der Waals surface area contributed by atoms with Gasteiger partial charge in [-0.3, -0.25) is 0 Å². The number of hydrogen-bond acceptors (Lipinski definition) is 5. The van der Waals surface area contributed by atoms with Gasteiger partial charge in [-0.05, 0) is 30.9 Å². The van der Waals surface area contributed by atoms with Crippen LogP contribution in [0.1, 0.15) is 37.7 Å². The number of hydrogen-bond donors (Lipinski definition) is 1. The fourth-order valence-corrected chi connectivity index (χ4v) is 2.25. The van der Waals surface area contributed by atoms with Crippen molar-refractivity contribution in [3.8, 4) is 5.75 Å². The molecule has 126 valence electrons. The molecular formula is C17H24N2O4. The van der Waals surface area contributed by atoms with E-state index in [9.17, 15) is 9.70 Å². The third-order valence-corrected chi connectivity index (χ3v) is 3.46. The highest BCUT2D eigenvalue weighted by Crippen LogP contribution is 2.25. The van der Waals surface area contributed by atoms with E-state index in [1.807, 2.05) is 12.1 Å². The van der Waals surface area contributed by atoms with Crippen LogP contribution in [0.2, 0.25) is 0 Å². The summed E-state index contributed by atoms with van der Waals surface area (Å²) in [6.45, 7) is 3.81. The molecule has 0 aliphatic carbocycles. The highest BCUT2D eigenvalue weighted by Gasteiger charge is 2.04. The first-order valence-electron chi connectivity index (χ1n) is 7.75. The Morgan fingerprint density at radius 1 is 1.26 bits per heavy atom. The van der Waals surface area contributed by atoms with E-state index < -0.39 is 0 Å². The van der Waals surface area contributed by atoms with Crippen LogP contribution in [0.4, 0.5) is 5.69 Å². The maximum atomic E-state index is 10.8. The largest absolute Gasteiger partial charge is 0.496 e. The van der Waals surface area contributed by atoms with Crippen molar-refractivity contribution >= 4 is 11.7 Å². The van der Waals surface area contributed by atoms with Crippen LogP contribution in [-0.2, 0) is 16.0 Å². The molecule has 6 nitrogen and oxygen atoms in total. The maximum absolute atomic E-state index is 10.8. The van der Waals surface area contributed by atoms with Gasteiger partial charge in [-0.25, -0.2) is 10.2 Å². The van der Waals surface area contributed by atoms with Crippen molar-refractivity contribution < 1.29 is 14.3 Å². The normalized spacial score (nSPS) is 9.96. The number of anilines is 1. The molecule has 0 heterocycles. The summed E-state index contributed by atoms with van der Waals surface area (Å²) >= 11 is 0. The van der Waals surface area contributed by atoms with Gasteiger partial charge in [0.25, 0.3) is 0 Å². The summed E-state index contributed by atoms with van der Waals surface area (Å²) in [5.41, 5.74) is 4.10. The zero-order valence-electron chi connectivity index (χ0n) is 13.5. The molecule has 0 bridgehead atoms. The molecule has 0 saturated heterocycles. The molecule has 0 aliphatic heterocycles. The van der Waals surface area contributed by atoms with E-state index >= 15 is 0 Å². The van der Waals surface area contributed by atoms with Gasteiger partial charge in [0.15, 0.2) is 0 Å². The third-order valence-electron chi connectivity index (χ3n) is 3.46. The number of benzene rings is 1. The number of esters is 1. The smallest absolute Gasteiger partial charge is 0.330 e. The molecule has 23 heavy (non-hydrogen) atoms. The SMILES string of the molecule is C=CC(=O)OCCCCCCCc1ccc(NN=O)cc1OC. The first kappa shape index (κ1) is 18.7. The zero-order valence-corrected chi connectivity index (χ0v) is 13.5. The summed E-state index contributed by atoms with van der Waals surface area (Å²) in [5, 5.41) is 2.65. The van der Waals surface area contributed by atoms with Crippen LogP contribution in [0.5, 0.6) is 5.75 Å². The average Bonchev–Trinajstić information content (AvgIpc) is 2.58. The van der Waals surface area contributed by atoms with Crippen molar-refractivity contribution in [2.24, 2.45) is 5.29 Å². The van der Waals surface area contributed by atoms with Gasteiger partial charge in [-0.2, -0.15) is 0 Å². The molecule has 1 N–H and O–H groups in total. The fourth-order valence-electron chi connectivity index (χ4n) is 2.25. The summed E-state index contributed by atoms with van der Waals surface area (Å²) < 4.78 is 10.3. The van der Waals surface area contributed by atoms with Crippen LogP contribution in [0.3, 0.4) is 0 Å². The summed E-state index contributed by atoms with van der Waals surface area (Å²) in [5.74, 6) is 0.398. The Morgan fingerprint density at radius 2 is 2.00 bits per heavy atom. The Kier molecular flexibility index (Phi) is 9.12. The maximum Gasteiger partial charge on any atom is 0.330 e. The Bertz CT molecular complexity index is 517. The number of unbranched alkanes of at least 4 members (excludes halogenated alkanes) is 4. The molecular weight excluding hydrogens is 296 g/mol. The molecule has 0 amide bonds. The molecule has 0 unspecified atom stereocenters. The molecule has 6 heteroatoms. The van der Waals surface area contributed by atoms with Gasteiger partial charge in [0.1, 0.15) is 5.75 Å². The summed E-state index contributed by atoms with van der Waals surface area (Å²) in [7, 11) is 1.61. The predicted molar refractivity (Wildman–Crippen MR) is 90.4 cm³/mol. The monoisotopic (exact) mass is 320 g/mol. The second kappa shape index (κ2) is 11.2. The van der Waals surface area contributed by atoms with Gasteiger partial charge in [-0.1, -0.05) is 31.9 Å². The van der Waals surface area contributed by atoms with Crippen LogP contribution in [0.15, 0.2) is 36.1 Å². The van der Waals surface area contributed by atoms with Crippen molar-refractivity contribution in [2.75, 3.05) is 19.1 Å². The number of carbonyl (C=O) groups is 1. The second-order valence-electron chi connectivity index (χ2n) is 5.12. The molecule has 1 rings (SSSR count). The Labute approximate surface area is 136 Å². The topological polar surface area (TPSA) is 77.0 Å². The lowest BCUT2D eigenvalue weighted by molar-refractivity contribution is -0.137. The van der Waals surface area contributed by atoms with Crippen LogP contribution < -0.4 is 10.2 Å². The molecule has 0 atom stereocenters. The van der Waals surface area contributed by atoms with Gasteiger partial charge in [0.2, 0.25) is 0 Å². The van der Waals surface area contributed by atoms with Crippen LogP contribution >= 0.6 is 0 Å². The standard InChI is InChI=1S/C17H24N2O4/c1-3-17(20)23-12-8-6-4-5-7-9-14-10-11-15(18-19-21)13-16(14)22-2/h3,10-11,13H,1,4-9,12H2,2H3,(H,18,21). The van der Waals surface area contributed by atoms with E-state index in [1.165, 1.54) is 6.08 Å². The molecule has 0 radical (unpaired) electrons. The number of ether oxygens (including phenoxy) is 2. The number of nitrogens with zero attached hydrogens (tertiary/aromatic N) is 1. The van der Waals surface area contributed by atoms with Crippen LogP contribution in [0.25, 0.3) is 0 Å². The molecule has 1 aromatic rings. The highest BCUT2D eigenvalue weighted by molar-refractivity contribution is 5.81. The molecule has 1 aromatic carbocycles. The number of nitrogens with one attached hydrogen (secondary N) is 1. The predicted octanol–water partition coefficient (Wildman–Crippen LogP) is 4.01. The Balaban J connectivity index is 2.21. The zero-order chi connectivity index (χ0) is 16.9. The van der Waals surface area contributed by atoms with E-state index in [-0.39, 0.29) is 5.97 Å². The van der Waals surface area contributed by atoms with E-state index in [4.69, 9.17) is 9.47 Å². The number of aryl methyl sites for hydroxylation is 1. The lowest BCUT2D eigenvalue weighted by Gasteiger charge is -2.10. The van der Waals surface area contributed by atoms with Crippen molar-refractivity contribution in [2.45, 2.75) is 38.5 Å². The van der Waals surface area contributed by atoms with E-state index in [2.05, 4.69) is 17.3 Å². The molecule has 0 spiro atoms. The number of methoxy groups -OCH3 is 1. The minimum Gasteiger partial charge on any atom is -0.496 e. The lowest BCUT2D eigenvalue weighted by Crippen LogP contribution is -2.01. The molecule has 0 aliphatic rings. The summed E-state index contributed by atoms with van der Waals surface area (Å²) in [6, 6.07) is 5.53. The first-order chi connectivity index (χ1) is 11.2. The number of carbonyl (C=O) groups excluding carboxylic acids is 1. The first-order valence-corrected chi connectivity index (χ1v) is 7.75. The Morgan fingerprint density at radius 3 is 2.70 bits per heavy atom. The Hall–Kier alpha value is -2.37. The number of nitroso groups, excluding NO2 is 1. The van der Waals surface area contributed by atoms with Crippen molar-refractivity contribution in [1.82, 2.24) is 0 Å². The van der Waals surface area contributed by atoms with Crippen molar-refractivity contribution in [3.05, 3.63) is 41.3 Å². The summed E-state index contributed by atoms with van der Waals surface area (Å²) in [4.78, 5) is 21.0. The van der Waals surface area contributed by atoms with E-state index in [0.29, 0.717) is 12.3 Å². The lowest BCUT2D eigenvalue weighted by atomic mass is 10.0. The van der Waals surface area contributed by atoms with Crippen molar-refractivity contribution in [3.63, 3.8) is 0 Å². The number of rotatable bonds is 12. The third kappa shape index (κ3) is 7.44. The van der Waals surface area contributed by atoms with Crippen LogP contribution in [-0.4, -0.2) is 19.7 Å². The summed E-state index contributed by atoms with van der Waals surface area (Å²) in [6.07, 6.45) is 7.28. The average molecular weight is 320 g/mol. The second-order valence-corrected chi connectivity index (χ2v) is 5.12. The quantitative estimate of drug-likeness (QED) is 0.207. The molecule has 0 fully saturated rings. The van der Waals surface area contributed by atoms with Gasteiger partial charge < -0.3 is 9.47 Å². The minimum absolute atomic E-state index is 0.361. The molecule has 0 saturated carbocycles. The minimum atomic E-state index is -0.361. The van der Waals surface area contributed by atoms with Gasteiger partial charge >= 0.3 is 5.97 Å². The molecule has 0 aromatic heterocycles. The fraction of sp³-hybridized carbons (Fsp3) is 0.471. The van der Waals surface area contributed by atoms with Gasteiger partial charge in [0, 0.05) is 12.1 Å². The highest BCUT2D eigenvalue weighted by atomic mass is 16.5. The van der Waals surface area contributed by atoms with Crippen molar-refractivity contribution in [1.29, 1.82) is 0 Å². The van der Waals surface area contributed by atoms with Gasteiger partial charge in [-0.15, -0.1) is 4.91 Å².